The second-order valence-electron chi connectivity index (χ2n) is 9.87. The maximum atomic E-state index is 12.0. The Morgan fingerprint density at radius 2 is 1.54 bits per heavy atom. The number of ether oxygens (including phenoxy) is 1. The number of phosphoric ester groups is 1. The minimum atomic E-state index is -4.51. The van der Waals surface area contributed by atoms with Crippen LogP contribution < -0.4 is 4.89 Å². The lowest BCUT2D eigenvalue weighted by molar-refractivity contribution is -0.870. The number of hydrogen-bond donors (Lipinski definition) is 1. The second-order valence-corrected chi connectivity index (χ2v) is 11.3. The largest absolute Gasteiger partial charge is 0.756 e. The van der Waals surface area contributed by atoms with E-state index in [1.165, 1.54) is 25.7 Å². The van der Waals surface area contributed by atoms with Crippen LogP contribution in [0.5, 0.6) is 0 Å². The average molecular weight is 520 g/mol. The number of quaternary nitrogens is 1. The summed E-state index contributed by atoms with van der Waals surface area (Å²) in [5.41, 5.74) is 0. The molecule has 2 unspecified atom stereocenters. The van der Waals surface area contributed by atoms with Gasteiger partial charge in [0.15, 0.2) is 0 Å². The fourth-order valence-electron chi connectivity index (χ4n) is 3.09. The SMILES string of the molecule is CCCCC/C=C\C/C=C\CCCCCCCC(=O)OC(CO)COP(=O)([O-])OCC[N+](C)(C)C. The van der Waals surface area contributed by atoms with Gasteiger partial charge < -0.3 is 28.3 Å². The van der Waals surface area contributed by atoms with E-state index in [1.807, 2.05) is 21.1 Å². The van der Waals surface area contributed by atoms with Crippen LogP contribution in [0.2, 0.25) is 0 Å². The Labute approximate surface area is 213 Å². The molecule has 0 radical (unpaired) electrons. The van der Waals surface area contributed by atoms with Crippen LogP contribution >= 0.6 is 7.82 Å². The Morgan fingerprint density at radius 3 is 2.14 bits per heavy atom. The molecule has 0 aliphatic heterocycles. The monoisotopic (exact) mass is 519 g/mol. The molecule has 0 aliphatic carbocycles. The molecule has 0 aromatic heterocycles. The molecule has 0 aromatic carbocycles. The smallest absolute Gasteiger partial charge is 0.306 e. The number of esters is 1. The van der Waals surface area contributed by atoms with Gasteiger partial charge in [-0.1, -0.05) is 63.3 Å². The number of allylic oxidation sites excluding steroid dienone is 4. The van der Waals surface area contributed by atoms with Gasteiger partial charge in [-0.3, -0.25) is 9.36 Å². The van der Waals surface area contributed by atoms with Gasteiger partial charge in [0, 0.05) is 6.42 Å². The molecule has 1 N–H and O–H groups in total. The molecule has 0 saturated heterocycles. The molecule has 8 nitrogen and oxygen atoms in total. The van der Waals surface area contributed by atoms with Crippen molar-refractivity contribution in [2.45, 2.75) is 90.1 Å². The van der Waals surface area contributed by atoms with E-state index in [4.69, 9.17) is 13.8 Å². The van der Waals surface area contributed by atoms with Gasteiger partial charge in [-0.15, -0.1) is 0 Å². The molecule has 0 saturated carbocycles. The van der Waals surface area contributed by atoms with Crippen molar-refractivity contribution in [3.63, 3.8) is 0 Å². The zero-order valence-corrected chi connectivity index (χ0v) is 23.4. The molecule has 0 aromatic rings. The maximum Gasteiger partial charge on any atom is 0.306 e. The Hall–Kier alpha value is -1.02. The minimum Gasteiger partial charge on any atom is -0.756 e. The molecule has 0 amide bonds. The van der Waals surface area contributed by atoms with Crippen LogP contribution in [0, 0.1) is 0 Å². The van der Waals surface area contributed by atoms with Crippen molar-refractivity contribution in [1.82, 2.24) is 0 Å². The lowest BCUT2D eigenvalue weighted by Gasteiger charge is -2.28. The van der Waals surface area contributed by atoms with Crippen molar-refractivity contribution in [3.05, 3.63) is 24.3 Å². The molecule has 9 heteroatoms. The molecule has 35 heavy (non-hydrogen) atoms. The van der Waals surface area contributed by atoms with Crippen LogP contribution in [-0.2, 0) is 23.1 Å². The van der Waals surface area contributed by atoms with Crippen LogP contribution in [0.4, 0.5) is 0 Å². The van der Waals surface area contributed by atoms with Crippen LogP contribution in [-0.4, -0.2) is 69.2 Å². The van der Waals surface area contributed by atoms with Crippen molar-refractivity contribution in [2.24, 2.45) is 0 Å². The molecule has 0 aliphatic rings. The van der Waals surface area contributed by atoms with E-state index < -0.39 is 33.1 Å². The first-order chi connectivity index (χ1) is 16.6. The van der Waals surface area contributed by atoms with Gasteiger partial charge in [-0.2, -0.15) is 0 Å². The fourth-order valence-corrected chi connectivity index (χ4v) is 3.82. The number of rotatable bonds is 23. The summed E-state index contributed by atoms with van der Waals surface area (Å²) in [6.07, 6.45) is 20.2. The molecule has 0 spiro atoms. The minimum absolute atomic E-state index is 0.0132. The summed E-state index contributed by atoms with van der Waals surface area (Å²) in [6.45, 7) is 1.71. The van der Waals surface area contributed by atoms with Gasteiger partial charge in [-0.05, 0) is 38.5 Å². The lowest BCUT2D eigenvalue weighted by Crippen LogP contribution is -2.37. The summed E-state index contributed by atoms with van der Waals surface area (Å²) in [5.74, 6) is -0.468. The van der Waals surface area contributed by atoms with E-state index in [1.54, 1.807) is 0 Å². The molecule has 0 rings (SSSR count). The molecule has 0 heterocycles. The van der Waals surface area contributed by atoms with E-state index in [2.05, 4.69) is 31.2 Å². The van der Waals surface area contributed by atoms with Crippen molar-refractivity contribution < 1.29 is 37.6 Å². The molecular weight excluding hydrogens is 469 g/mol. The number of likely N-dealkylation sites (N-methyl/N-ethyl adjacent to an activating group) is 1. The highest BCUT2D eigenvalue weighted by atomic mass is 31.2. The zero-order chi connectivity index (χ0) is 26.4. The van der Waals surface area contributed by atoms with Gasteiger partial charge in [0.2, 0.25) is 0 Å². The molecule has 0 bridgehead atoms. The predicted octanol–water partition coefficient (Wildman–Crippen LogP) is 4.91. The summed E-state index contributed by atoms with van der Waals surface area (Å²) < 4.78 is 27.0. The number of aliphatic hydroxyl groups is 1. The van der Waals surface area contributed by atoms with Gasteiger partial charge in [0.1, 0.15) is 19.3 Å². The first-order valence-corrected chi connectivity index (χ1v) is 14.6. The number of phosphoric acid groups is 1. The highest BCUT2D eigenvalue weighted by molar-refractivity contribution is 7.45. The topological polar surface area (TPSA) is 105 Å². The summed E-state index contributed by atoms with van der Waals surface area (Å²) >= 11 is 0. The van der Waals surface area contributed by atoms with Crippen LogP contribution in [0.15, 0.2) is 24.3 Å². The molecule has 2 atom stereocenters. The predicted molar refractivity (Wildman–Crippen MR) is 139 cm³/mol. The fraction of sp³-hybridized carbons (Fsp3) is 0.808. The quantitative estimate of drug-likeness (QED) is 0.0672. The Kier molecular flexibility index (Phi) is 20.5. The van der Waals surface area contributed by atoms with E-state index in [9.17, 15) is 19.4 Å². The number of unbranched alkanes of at least 4 members (excludes halogenated alkanes) is 8. The third-order valence-electron chi connectivity index (χ3n) is 5.26. The van der Waals surface area contributed by atoms with Gasteiger partial charge >= 0.3 is 5.97 Å². The van der Waals surface area contributed by atoms with Gasteiger partial charge in [-0.25, -0.2) is 0 Å². The van der Waals surface area contributed by atoms with Gasteiger partial charge in [0.05, 0.1) is 34.4 Å². The maximum absolute atomic E-state index is 12.0. The summed E-state index contributed by atoms with van der Waals surface area (Å²) in [6, 6.07) is 0. The number of carbonyl (C=O) groups excluding carboxylic acids is 1. The van der Waals surface area contributed by atoms with Gasteiger partial charge in [0.25, 0.3) is 7.82 Å². The molecule has 206 valence electrons. The first-order valence-electron chi connectivity index (χ1n) is 13.1. The van der Waals surface area contributed by atoms with Crippen LogP contribution in [0.25, 0.3) is 0 Å². The Morgan fingerprint density at radius 1 is 0.943 bits per heavy atom. The summed E-state index contributed by atoms with van der Waals surface area (Å²) in [7, 11) is 1.22. The summed E-state index contributed by atoms with van der Waals surface area (Å²) in [4.78, 5) is 23.8. The highest BCUT2D eigenvalue weighted by Crippen LogP contribution is 2.38. The normalized spacial score (nSPS) is 15.0. The van der Waals surface area contributed by atoms with Crippen molar-refractivity contribution in [2.75, 3.05) is 47.5 Å². The second kappa shape index (κ2) is 21.1. The number of hydrogen-bond acceptors (Lipinski definition) is 7. The number of aliphatic hydroxyl groups excluding tert-OH is 1. The Bertz CT molecular complexity index is 632. The first kappa shape index (κ1) is 34.0. The summed E-state index contributed by atoms with van der Waals surface area (Å²) in [5, 5.41) is 9.36. The molecule has 0 fully saturated rings. The van der Waals surface area contributed by atoms with Crippen molar-refractivity contribution >= 4 is 13.8 Å². The number of carbonyl (C=O) groups is 1. The van der Waals surface area contributed by atoms with Crippen molar-refractivity contribution in [1.29, 1.82) is 0 Å². The highest BCUT2D eigenvalue weighted by Gasteiger charge is 2.19. The van der Waals surface area contributed by atoms with E-state index in [0.29, 0.717) is 17.4 Å². The lowest BCUT2D eigenvalue weighted by atomic mass is 10.1. The van der Waals surface area contributed by atoms with Crippen molar-refractivity contribution in [3.8, 4) is 0 Å². The molecular formula is C26H50NO7P. The zero-order valence-electron chi connectivity index (χ0n) is 22.5. The Balaban J connectivity index is 3.80. The van der Waals surface area contributed by atoms with E-state index in [0.717, 1.165) is 38.5 Å². The average Bonchev–Trinajstić information content (AvgIpc) is 2.78. The third kappa shape index (κ3) is 24.5. The van der Waals surface area contributed by atoms with Crippen LogP contribution in [0.1, 0.15) is 84.0 Å². The van der Waals surface area contributed by atoms with E-state index in [-0.39, 0.29) is 13.0 Å². The van der Waals surface area contributed by atoms with E-state index >= 15 is 0 Å². The van der Waals surface area contributed by atoms with Crippen LogP contribution in [0.3, 0.4) is 0 Å². The number of nitrogens with zero attached hydrogens (tertiary/aromatic N) is 1. The third-order valence-corrected chi connectivity index (χ3v) is 6.23. The standard InChI is InChI=1S/C26H50NO7P/c1-5-6-7-8-9-10-11-12-13-14-15-16-17-18-19-20-26(29)34-25(23-28)24-33-35(30,31)32-22-21-27(2,3)4/h9-10,12-13,25,28H,5-8,11,14-24H2,1-4H3/b10-9-,13-12-.